The summed E-state index contributed by atoms with van der Waals surface area (Å²) in [6.45, 7) is 1.42. The normalized spacial score (nSPS) is 14.8. The van der Waals surface area contributed by atoms with Crippen molar-refractivity contribution >= 4 is 0 Å². The van der Waals surface area contributed by atoms with Crippen molar-refractivity contribution in [2.24, 2.45) is 13.0 Å². The molecule has 10 heteroatoms. The fourth-order valence-corrected chi connectivity index (χ4v) is 1.93. The highest BCUT2D eigenvalue weighted by molar-refractivity contribution is 5.00. The molecule has 0 spiro atoms. The maximum Gasteiger partial charge on any atom is 0.402 e. The number of hydrogen-bond donors (Lipinski definition) is 1. The van der Waals surface area contributed by atoms with E-state index in [1.807, 2.05) is 0 Å². The molecule has 0 saturated carbocycles. The molecule has 1 heterocycles. The molecule has 20 heavy (non-hydrogen) atoms. The molecule has 116 valence electrons. The van der Waals surface area contributed by atoms with Crippen molar-refractivity contribution in [3.05, 3.63) is 11.9 Å². The molecule has 0 aromatic carbocycles. The Kier molecular flexibility index (Phi) is 5.00. The first-order chi connectivity index (χ1) is 9.05. The number of likely N-dealkylation sites (N-methyl/N-ethyl adjacent to an activating group) is 1. The van der Waals surface area contributed by atoms with Gasteiger partial charge in [0.1, 0.15) is 0 Å². The van der Waals surface area contributed by atoms with Crippen molar-refractivity contribution in [3.63, 3.8) is 0 Å². The number of alkyl halides is 6. The minimum atomic E-state index is -5.38. The van der Waals surface area contributed by atoms with Crippen LogP contribution in [0.5, 0.6) is 0 Å². The van der Waals surface area contributed by atoms with E-state index < -0.39 is 30.7 Å². The van der Waals surface area contributed by atoms with Gasteiger partial charge in [-0.25, -0.2) is 0 Å². The number of halogens is 6. The van der Waals surface area contributed by atoms with Gasteiger partial charge in [0.2, 0.25) is 0 Å². The number of hydrogen-bond acceptors (Lipinski definition) is 3. The highest BCUT2D eigenvalue weighted by Crippen LogP contribution is 2.42. The van der Waals surface area contributed by atoms with Crippen molar-refractivity contribution in [3.8, 4) is 0 Å². The van der Waals surface area contributed by atoms with Gasteiger partial charge in [0.15, 0.2) is 5.92 Å². The first-order valence-electron chi connectivity index (χ1n) is 5.77. The van der Waals surface area contributed by atoms with Crippen LogP contribution in [0.1, 0.15) is 12.6 Å². The van der Waals surface area contributed by atoms with Crippen LogP contribution in [0.3, 0.4) is 0 Å². The minimum absolute atomic E-state index is 0.0202. The lowest BCUT2D eigenvalue weighted by Crippen LogP contribution is -2.52. The van der Waals surface area contributed by atoms with E-state index in [1.165, 1.54) is 24.9 Å². The Balaban J connectivity index is 3.02. The molecule has 0 aliphatic rings. The van der Waals surface area contributed by atoms with Crippen molar-refractivity contribution in [1.29, 1.82) is 0 Å². The lowest BCUT2D eigenvalue weighted by molar-refractivity contribution is -0.291. The van der Waals surface area contributed by atoms with Crippen LogP contribution in [0.2, 0.25) is 0 Å². The average Bonchev–Trinajstić information content (AvgIpc) is 2.59. The predicted molar refractivity (Wildman–Crippen MR) is 57.8 cm³/mol. The van der Waals surface area contributed by atoms with Crippen LogP contribution in [0.4, 0.5) is 26.3 Å². The Morgan fingerprint density at radius 2 is 1.75 bits per heavy atom. The summed E-state index contributed by atoms with van der Waals surface area (Å²) >= 11 is 0. The van der Waals surface area contributed by atoms with Crippen LogP contribution in [-0.2, 0) is 13.5 Å². The number of rotatable bonds is 5. The van der Waals surface area contributed by atoms with E-state index in [4.69, 9.17) is 0 Å². The fourth-order valence-electron chi connectivity index (χ4n) is 1.93. The zero-order valence-electron chi connectivity index (χ0n) is 10.8. The van der Waals surface area contributed by atoms with E-state index in [2.05, 4.69) is 15.6 Å². The molecule has 1 rings (SSSR count). The van der Waals surface area contributed by atoms with Gasteiger partial charge < -0.3 is 5.32 Å². The summed E-state index contributed by atoms with van der Waals surface area (Å²) in [4.78, 5) is 0. The third-order valence-corrected chi connectivity index (χ3v) is 2.65. The number of nitrogens with zero attached hydrogens (tertiary/aromatic N) is 3. The second-order valence-corrected chi connectivity index (χ2v) is 4.31. The third kappa shape index (κ3) is 4.36. The standard InChI is InChI=1S/C10H14F6N4/c1-3-17-7(4-6-5-20(2)19-18-6)8(9(11,12)13)10(14,15)16/h5,7-8,17H,3-4H2,1-2H3. The quantitative estimate of drug-likeness (QED) is 0.847. The van der Waals surface area contributed by atoms with Crippen LogP contribution in [-0.4, -0.2) is 39.9 Å². The number of nitrogens with one attached hydrogen (secondary N) is 1. The molecule has 4 nitrogen and oxygen atoms in total. The molecule has 0 saturated heterocycles. The summed E-state index contributed by atoms with van der Waals surface area (Å²) in [7, 11) is 1.48. The molecular formula is C10H14F6N4. The summed E-state index contributed by atoms with van der Waals surface area (Å²) in [6, 6.07) is -1.84. The molecule has 1 aromatic heterocycles. The van der Waals surface area contributed by atoms with Crippen molar-refractivity contribution < 1.29 is 26.3 Å². The number of aryl methyl sites for hydroxylation is 1. The van der Waals surface area contributed by atoms with E-state index in [0.717, 1.165) is 0 Å². The van der Waals surface area contributed by atoms with E-state index >= 15 is 0 Å². The molecule has 1 N–H and O–H groups in total. The summed E-state index contributed by atoms with van der Waals surface area (Å²) in [5.41, 5.74) is 0.0666. The molecular weight excluding hydrogens is 290 g/mol. The van der Waals surface area contributed by atoms with E-state index in [1.54, 1.807) is 0 Å². The molecule has 1 unspecified atom stereocenters. The molecule has 0 fully saturated rings. The van der Waals surface area contributed by atoms with Gasteiger partial charge >= 0.3 is 12.4 Å². The van der Waals surface area contributed by atoms with Crippen LogP contribution in [0, 0.1) is 5.92 Å². The van der Waals surface area contributed by atoms with Gasteiger partial charge in [0.25, 0.3) is 0 Å². The molecule has 0 amide bonds. The number of aromatic nitrogens is 3. The molecule has 0 bridgehead atoms. The van der Waals surface area contributed by atoms with Gasteiger partial charge in [-0.2, -0.15) is 26.3 Å². The van der Waals surface area contributed by atoms with Crippen LogP contribution in [0.25, 0.3) is 0 Å². The van der Waals surface area contributed by atoms with Gasteiger partial charge in [-0.1, -0.05) is 12.1 Å². The molecule has 0 radical (unpaired) electrons. The minimum Gasteiger partial charge on any atom is -0.313 e. The Morgan fingerprint density at radius 1 is 1.20 bits per heavy atom. The molecule has 0 aliphatic heterocycles. The predicted octanol–water partition coefficient (Wildman–Crippen LogP) is 2.08. The van der Waals surface area contributed by atoms with Crippen molar-refractivity contribution in [2.45, 2.75) is 31.7 Å². The van der Waals surface area contributed by atoms with Crippen LogP contribution in [0.15, 0.2) is 6.20 Å². The lowest BCUT2D eigenvalue weighted by atomic mass is 9.94. The smallest absolute Gasteiger partial charge is 0.313 e. The summed E-state index contributed by atoms with van der Waals surface area (Å²) < 4.78 is 77.4. The highest BCUT2D eigenvalue weighted by atomic mass is 19.4. The monoisotopic (exact) mass is 304 g/mol. The Morgan fingerprint density at radius 3 is 2.10 bits per heavy atom. The molecule has 1 aromatic rings. The molecule has 1 atom stereocenters. The van der Waals surface area contributed by atoms with E-state index in [-0.39, 0.29) is 12.2 Å². The lowest BCUT2D eigenvalue weighted by Gasteiger charge is -2.30. The second kappa shape index (κ2) is 5.98. The zero-order valence-corrected chi connectivity index (χ0v) is 10.8. The van der Waals surface area contributed by atoms with E-state index in [0.29, 0.717) is 0 Å². The third-order valence-electron chi connectivity index (χ3n) is 2.65. The summed E-state index contributed by atoms with van der Waals surface area (Å²) in [6.07, 6.45) is -9.99. The SMILES string of the molecule is CCNC(Cc1cn(C)nn1)C(C(F)(F)F)C(F)(F)F. The Labute approximate surface area is 111 Å². The highest BCUT2D eigenvalue weighted by Gasteiger charge is 2.60. The largest absolute Gasteiger partial charge is 0.402 e. The van der Waals surface area contributed by atoms with Crippen molar-refractivity contribution in [1.82, 2.24) is 20.3 Å². The maximum absolute atomic E-state index is 12.7. The second-order valence-electron chi connectivity index (χ2n) is 4.31. The maximum atomic E-state index is 12.7. The summed E-state index contributed by atoms with van der Waals surface area (Å²) in [5, 5.41) is 9.25. The fraction of sp³-hybridized carbons (Fsp3) is 0.800. The van der Waals surface area contributed by atoms with Gasteiger partial charge in [0, 0.05) is 25.7 Å². The summed E-state index contributed by atoms with van der Waals surface area (Å²) in [5.74, 6) is -3.45. The van der Waals surface area contributed by atoms with Gasteiger partial charge in [0.05, 0.1) is 5.69 Å². The van der Waals surface area contributed by atoms with Crippen LogP contribution >= 0.6 is 0 Å². The Hall–Kier alpha value is -1.32. The zero-order chi connectivity index (χ0) is 15.6. The first-order valence-corrected chi connectivity index (χ1v) is 5.77. The van der Waals surface area contributed by atoms with Gasteiger partial charge in [-0.15, -0.1) is 5.10 Å². The Bertz CT molecular complexity index is 410. The molecule has 0 aliphatic carbocycles. The first kappa shape index (κ1) is 16.7. The van der Waals surface area contributed by atoms with Gasteiger partial charge in [-0.3, -0.25) is 4.68 Å². The van der Waals surface area contributed by atoms with Gasteiger partial charge in [-0.05, 0) is 6.54 Å². The van der Waals surface area contributed by atoms with Crippen molar-refractivity contribution in [2.75, 3.05) is 6.54 Å². The average molecular weight is 304 g/mol. The topological polar surface area (TPSA) is 42.7 Å². The van der Waals surface area contributed by atoms with Crippen LogP contribution < -0.4 is 5.32 Å². The van der Waals surface area contributed by atoms with E-state index in [9.17, 15) is 26.3 Å².